The molecule has 1 heterocycles. The highest BCUT2D eigenvalue weighted by molar-refractivity contribution is 5.73. The van der Waals surface area contributed by atoms with E-state index in [0.717, 1.165) is 5.56 Å². The summed E-state index contributed by atoms with van der Waals surface area (Å²) in [5.41, 5.74) is 0.364. The molecule has 0 spiro atoms. The lowest BCUT2D eigenvalue weighted by Crippen LogP contribution is -2.36. The number of carbonyl (C=O) groups is 1. The van der Waals surface area contributed by atoms with Gasteiger partial charge in [-0.2, -0.15) is 0 Å². The summed E-state index contributed by atoms with van der Waals surface area (Å²) in [6.45, 7) is 4.69. The number of rotatable bonds is 5. The van der Waals surface area contributed by atoms with Gasteiger partial charge in [-0.05, 0) is 32.5 Å². The van der Waals surface area contributed by atoms with Crippen LogP contribution in [0.5, 0.6) is 0 Å². The molecule has 16 heavy (non-hydrogen) atoms. The smallest absolute Gasteiger partial charge is 0.310 e. The van der Waals surface area contributed by atoms with Crippen molar-refractivity contribution in [3.63, 3.8) is 0 Å². The number of hydrogen-bond acceptors (Lipinski definition) is 3. The predicted octanol–water partition coefficient (Wildman–Crippen LogP) is 1.62. The number of pyridine rings is 1. The normalized spacial score (nSPS) is 11.8. The van der Waals surface area contributed by atoms with Crippen LogP contribution in [0.1, 0.15) is 19.4 Å². The van der Waals surface area contributed by atoms with Crippen molar-refractivity contribution in [2.24, 2.45) is 5.41 Å². The molecule has 0 saturated heterocycles. The average Bonchev–Trinajstić information content (AvgIpc) is 2.17. The summed E-state index contributed by atoms with van der Waals surface area (Å²) < 4.78 is 0. The van der Waals surface area contributed by atoms with Gasteiger partial charge >= 0.3 is 5.97 Å². The van der Waals surface area contributed by atoms with Gasteiger partial charge in [0.25, 0.3) is 0 Å². The first-order valence-corrected chi connectivity index (χ1v) is 5.22. The Balaban J connectivity index is 2.54. The zero-order valence-electron chi connectivity index (χ0n) is 9.97. The SMILES string of the molecule is CN(Cc1cccnc1)CC(C)(C)C(=O)O. The number of aliphatic carboxylic acids is 1. The standard InChI is InChI=1S/C12H18N2O2/c1-12(2,11(15)16)9-14(3)8-10-5-4-6-13-7-10/h4-7H,8-9H2,1-3H3,(H,15,16). The zero-order valence-corrected chi connectivity index (χ0v) is 9.97. The quantitative estimate of drug-likeness (QED) is 0.822. The second-order valence-corrected chi connectivity index (χ2v) is 4.72. The number of hydrogen-bond donors (Lipinski definition) is 1. The molecule has 0 aromatic carbocycles. The molecule has 0 radical (unpaired) electrons. The van der Waals surface area contributed by atoms with E-state index >= 15 is 0 Å². The van der Waals surface area contributed by atoms with Gasteiger partial charge in [-0.1, -0.05) is 6.07 Å². The van der Waals surface area contributed by atoms with Crippen LogP contribution in [0.4, 0.5) is 0 Å². The van der Waals surface area contributed by atoms with Gasteiger partial charge in [-0.3, -0.25) is 9.78 Å². The molecule has 0 saturated carbocycles. The van der Waals surface area contributed by atoms with Gasteiger partial charge in [0.15, 0.2) is 0 Å². The Hall–Kier alpha value is -1.42. The lowest BCUT2D eigenvalue weighted by Gasteiger charge is -2.26. The Morgan fingerprint density at radius 2 is 2.25 bits per heavy atom. The molecule has 0 aliphatic carbocycles. The Morgan fingerprint density at radius 3 is 2.75 bits per heavy atom. The minimum Gasteiger partial charge on any atom is -0.481 e. The van der Waals surface area contributed by atoms with E-state index in [0.29, 0.717) is 13.1 Å². The van der Waals surface area contributed by atoms with E-state index in [1.54, 1.807) is 26.2 Å². The highest BCUT2D eigenvalue weighted by Gasteiger charge is 2.28. The van der Waals surface area contributed by atoms with Crippen LogP contribution in [-0.4, -0.2) is 34.6 Å². The van der Waals surface area contributed by atoms with Crippen molar-refractivity contribution in [3.05, 3.63) is 30.1 Å². The third kappa shape index (κ3) is 3.62. The number of nitrogens with zero attached hydrogens (tertiary/aromatic N) is 2. The Kier molecular flexibility index (Phi) is 4.01. The van der Waals surface area contributed by atoms with Crippen LogP contribution in [0.25, 0.3) is 0 Å². The molecule has 0 aliphatic heterocycles. The number of aromatic nitrogens is 1. The maximum atomic E-state index is 11.0. The summed E-state index contributed by atoms with van der Waals surface area (Å²) in [6, 6.07) is 3.86. The van der Waals surface area contributed by atoms with E-state index in [1.165, 1.54) is 0 Å². The lowest BCUT2D eigenvalue weighted by molar-refractivity contribution is -0.147. The van der Waals surface area contributed by atoms with Crippen LogP contribution in [0.2, 0.25) is 0 Å². The highest BCUT2D eigenvalue weighted by Crippen LogP contribution is 2.17. The maximum Gasteiger partial charge on any atom is 0.310 e. The molecular formula is C12H18N2O2. The Morgan fingerprint density at radius 1 is 1.56 bits per heavy atom. The van der Waals surface area contributed by atoms with E-state index in [-0.39, 0.29) is 0 Å². The van der Waals surface area contributed by atoms with Crippen molar-refractivity contribution >= 4 is 5.97 Å². The van der Waals surface area contributed by atoms with E-state index in [9.17, 15) is 4.79 Å². The van der Waals surface area contributed by atoms with Crippen LogP contribution in [0, 0.1) is 5.41 Å². The van der Waals surface area contributed by atoms with Gasteiger partial charge in [0.1, 0.15) is 0 Å². The zero-order chi connectivity index (χ0) is 12.2. The molecule has 0 fully saturated rings. The molecular weight excluding hydrogens is 204 g/mol. The van der Waals surface area contributed by atoms with Gasteiger partial charge in [0.05, 0.1) is 5.41 Å². The molecule has 4 nitrogen and oxygen atoms in total. The lowest BCUT2D eigenvalue weighted by atomic mass is 9.93. The van der Waals surface area contributed by atoms with Crippen LogP contribution in [-0.2, 0) is 11.3 Å². The second kappa shape index (κ2) is 5.07. The average molecular weight is 222 g/mol. The molecule has 1 aromatic rings. The molecule has 1 N–H and O–H groups in total. The fourth-order valence-corrected chi connectivity index (χ4v) is 1.60. The van der Waals surface area contributed by atoms with Crippen molar-refractivity contribution in [1.29, 1.82) is 0 Å². The van der Waals surface area contributed by atoms with Crippen molar-refractivity contribution in [3.8, 4) is 0 Å². The van der Waals surface area contributed by atoms with E-state index in [4.69, 9.17) is 5.11 Å². The van der Waals surface area contributed by atoms with Gasteiger partial charge < -0.3 is 10.0 Å². The first kappa shape index (κ1) is 12.6. The third-order valence-electron chi connectivity index (χ3n) is 2.42. The maximum absolute atomic E-state index is 11.0. The summed E-state index contributed by atoms with van der Waals surface area (Å²) in [6.07, 6.45) is 3.52. The minimum absolute atomic E-state index is 0.511. The molecule has 0 aliphatic rings. The fraction of sp³-hybridized carbons (Fsp3) is 0.500. The summed E-state index contributed by atoms with van der Waals surface area (Å²) in [5, 5.41) is 9.02. The summed E-state index contributed by atoms with van der Waals surface area (Å²) in [5.74, 6) is -0.773. The second-order valence-electron chi connectivity index (χ2n) is 4.72. The molecule has 1 aromatic heterocycles. The molecule has 88 valence electrons. The van der Waals surface area contributed by atoms with E-state index < -0.39 is 11.4 Å². The molecule has 0 atom stereocenters. The van der Waals surface area contributed by atoms with Gasteiger partial charge in [-0.15, -0.1) is 0 Å². The number of carboxylic acids is 1. The molecule has 0 amide bonds. The van der Waals surface area contributed by atoms with Crippen molar-refractivity contribution in [2.45, 2.75) is 20.4 Å². The van der Waals surface area contributed by atoms with Gasteiger partial charge in [-0.25, -0.2) is 0 Å². The first-order valence-electron chi connectivity index (χ1n) is 5.22. The van der Waals surface area contributed by atoms with E-state index in [2.05, 4.69) is 4.98 Å². The van der Waals surface area contributed by atoms with Crippen molar-refractivity contribution < 1.29 is 9.90 Å². The molecule has 1 rings (SSSR count). The summed E-state index contributed by atoms with van der Waals surface area (Å²) >= 11 is 0. The fourth-order valence-electron chi connectivity index (χ4n) is 1.60. The third-order valence-corrected chi connectivity index (χ3v) is 2.42. The Labute approximate surface area is 95.9 Å². The number of carboxylic acid groups (broad SMARTS) is 1. The minimum atomic E-state index is -0.773. The van der Waals surface area contributed by atoms with Crippen LogP contribution in [0.15, 0.2) is 24.5 Å². The molecule has 4 heteroatoms. The van der Waals surface area contributed by atoms with E-state index in [1.807, 2.05) is 24.1 Å². The van der Waals surface area contributed by atoms with Gasteiger partial charge in [0, 0.05) is 25.5 Å². The Bertz CT molecular complexity index is 349. The topological polar surface area (TPSA) is 53.4 Å². The van der Waals surface area contributed by atoms with Crippen LogP contribution >= 0.6 is 0 Å². The van der Waals surface area contributed by atoms with Crippen molar-refractivity contribution in [1.82, 2.24) is 9.88 Å². The van der Waals surface area contributed by atoms with Crippen LogP contribution < -0.4 is 0 Å². The van der Waals surface area contributed by atoms with Gasteiger partial charge in [0.2, 0.25) is 0 Å². The predicted molar refractivity (Wildman–Crippen MR) is 62.0 cm³/mol. The highest BCUT2D eigenvalue weighted by atomic mass is 16.4. The molecule has 0 unspecified atom stereocenters. The van der Waals surface area contributed by atoms with Crippen molar-refractivity contribution in [2.75, 3.05) is 13.6 Å². The first-order chi connectivity index (χ1) is 7.42. The summed E-state index contributed by atoms with van der Waals surface area (Å²) in [7, 11) is 1.91. The molecule has 0 bridgehead atoms. The van der Waals surface area contributed by atoms with Crippen LogP contribution in [0.3, 0.4) is 0 Å². The monoisotopic (exact) mass is 222 g/mol. The largest absolute Gasteiger partial charge is 0.481 e. The summed E-state index contributed by atoms with van der Waals surface area (Å²) in [4.78, 5) is 17.0.